The second kappa shape index (κ2) is 2.26. The molecule has 0 aliphatic rings. The predicted molar refractivity (Wildman–Crippen MR) is 47.1 cm³/mol. The molecular weight excluding hydrogens is 166 g/mol. The van der Waals surface area contributed by atoms with Crippen molar-refractivity contribution in [3.63, 3.8) is 0 Å². The molecule has 0 N–H and O–H groups in total. The van der Waals surface area contributed by atoms with Crippen LogP contribution in [0.25, 0.3) is 22.1 Å². The molecule has 1 aromatic carbocycles. The van der Waals surface area contributed by atoms with E-state index in [9.17, 15) is 0 Å². The first-order valence-electron chi connectivity index (χ1n) is 3.91. The van der Waals surface area contributed by atoms with Gasteiger partial charge in [0.1, 0.15) is 0 Å². The van der Waals surface area contributed by atoms with Crippen LogP contribution in [0.2, 0.25) is 0 Å². The molecule has 0 radical (unpaired) electrons. The van der Waals surface area contributed by atoms with Gasteiger partial charge in [-0.05, 0) is 22.4 Å². The molecule has 0 fully saturated rings. The van der Waals surface area contributed by atoms with E-state index in [0.29, 0.717) is 11.2 Å². The summed E-state index contributed by atoms with van der Waals surface area (Å²) >= 11 is 0. The summed E-state index contributed by atoms with van der Waals surface area (Å²) in [6.07, 6.45) is 0. The lowest BCUT2D eigenvalue weighted by Crippen LogP contribution is -1.79. The van der Waals surface area contributed by atoms with Crippen LogP contribution >= 0.6 is 0 Å². The highest BCUT2D eigenvalue weighted by Crippen LogP contribution is 2.15. The Morgan fingerprint density at radius 1 is 1.00 bits per heavy atom. The van der Waals surface area contributed by atoms with Crippen molar-refractivity contribution in [1.82, 2.24) is 15.3 Å². The topological polar surface area (TPSA) is 51.8 Å². The summed E-state index contributed by atoms with van der Waals surface area (Å²) in [7, 11) is 0. The van der Waals surface area contributed by atoms with E-state index in [1.165, 1.54) is 0 Å². The number of benzene rings is 1. The number of hydrogen-bond acceptors (Lipinski definition) is 4. The van der Waals surface area contributed by atoms with E-state index in [1.807, 2.05) is 30.3 Å². The zero-order valence-electron chi connectivity index (χ0n) is 6.64. The lowest BCUT2D eigenvalue weighted by atomic mass is 10.2. The van der Waals surface area contributed by atoms with Gasteiger partial charge in [-0.15, -0.1) is 0 Å². The Balaban J connectivity index is 2.57. The van der Waals surface area contributed by atoms with E-state index in [2.05, 4.69) is 19.9 Å². The molecule has 0 saturated carbocycles. The molecule has 4 heteroatoms. The maximum absolute atomic E-state index is 4.57. The lowest BCUT2D eigenvalue weighted by Gasteiger charge is -1.92. The fraction of sp³-hybridized carbons (Fsp3) is 0. The minimum atomic E-state index is 0.554. The maximum Gasteiger partial charge on any atom is 0.224 e. The van der Waals surface area contributed by atoms with E-state index in [-0.39, 0.29) is 0 Å². The van der Waals surface area contributed by atoms with Gasteiger partial charge >= 0.3 is 0 Å². The fourth-order valence-electron chi connectivity index (χ4n) is 1.33. The summed E-state index contributed by atoms with van der Waals surface area (Å²) in [6.45, 7) is 0. The van der Waals surface area contributed by atoms with Gasteiger partial charge in [-0.1, -0.05) is 18.2 Å². The van der Waals surface area contributed by atoms with E-state index in [4.69, 9.17) is 0 Å². The van der Waals surface area contributed by atoms with Crippen molar-refractivity contribution >= 4 is 22.1 Å². The highest BCUT2D eigenvalue weighted by molar-refractivity contribution is 5.88. The van der Waals surface area contributed by atoms with Crippen LogP contribution in [-0.4, -0.2) is 15.3 Å². The van der Waals surface area contributed by atoms with Crippen molar-refractivity contribution in [2.75, 3.05) is 0 Å². The minimum Gasteiger partial charge on any atom is -0.242 e. The van der Waals surface area contributed by atoms with Gasteiger partial charge in [0.05, 0.1) is 5.52 Å². The third-order valence-electron chi connectivity index (χ3n) is 1.95. The summed E-state index contributed by atoms with van der Waals surface area (Å²) < 4.78 is 4.57. The summed E-state index contributed by atoms with van der Waals surface area (Å²) in [6, 6.07) is 9.73. The average molecular weight is 171 g/mol. The van der Waals surface area contributed by atoms with Crippen molar-refractivity contribution < 1.29 is 4.63 Å². The van der Waals surface area contributed by atoms with E-state index < -0.39 is 0 Å². The van der Waals surface area contributed by atoms with Crippen molar-refractivity contribution in [2.24, 2.45) is 0 Å². The number of nitrogens with zero attached hydrogens (tertiary/aromatic N) is 3. The first-order chi connectivity index (χ1) is 6.43. The SMILES string of the molecule is c1ccc2nc3nonc3cc2c1. The molecule has 0 spiro atoms. The second-order valence-corrected chi connectivity index (χ2v) is 2.79. The Labute approximate surface area is 73.2 Å². The van der Waals surface area contributed by atoms with Gasteiger partial charge in [0.2, 0.25) is 5.65 Å². The molecular formula is C9H5N3O. The quantitative estimate of drug-likeness (QED) is 0.517. The molecule has 0 atom stereocenters. The third kappa shape index (κ3) is 0.885. The molecule has 0 amide bonds. The molecule has 0 unspecified atom stereocenters. The average Bonchev–Trinajstić information content (AvgIpc) is 2.61. The molecule has 3 rings (SSSR count). The van der Waals surface area contributed by atoms with Gasteiger partial charge in [0, 0.05) is 5.39 Å². The van der Waals surface area contributed by atoms with Crippen LogP contribution in [0.15, 0.2) is 35.0 Å². The molecule has 0 aliphatic heterocycles. The van der Waals surface area contributed by atoms with Gasteiger partial charge in [-0.3, -0.25) is 0 Å². The number of para-hydroxylation sites is 1. The van der Waals surface area contributed by atoms with Crippen LogP contribution in [0.5, 0.6) is 0 Å². The predicted octanol–water partition coefficient (Wildman–Crippen LogP) is 1.77. The van der Waals surface area contributed by atoms with Crippen LogP contribution < -0.4 is 0 Å². The summed E-state index contributed by atoms with van der Waals surface area (Å²) in [5.41, 5.74) is 2.16. The Bertz CT molecular complexity index is 523. The lowest BCUT2D eigenvalue weighted by molar-refractivity contribution is 0.315. The fourth-order valence-corrected chi connectivity index (χ4v) is 1.33. The molecule has 62 valence electrons. The molecule has 3 aromatic rings. The monoisotopic (exact) mass is 171 g/mol. The molecule has 2 heterocycles. The van der Waals surface area contributed by atoms with Crippen molar-refractivity contribution in [2.45, 2.75) is 0 Å². The highest BCUT2D eigenvalue weighted by Gasteiger charge is 2.02. The number of hydrogen-bond donors (Lipinski definition) is 0. The molecule has 2 aromatic heterocycles. The van der Waals surface area contributed by atoms with E-state index in [0.717, 1.165) is 10.9 Å². The van der Waals surface area contributed by atoms with Crippen LogP contribution in [-0.2, 0) is 0 Å². The number of fused-ring (bicyclic) bond motifs is 2. The highest BCUT2D eigenvalue weighted by atomic mass is 16.6. The zero-order chi connectivity index (χ0) is 8.67. The minimum absolute atomic E-state index is 0.554. The van der Waals surface area contributed by atoms with Crippen LogP contribution in [0.4, 0.5) is 0 Å². The third-order valence-corrected chi connectivity index (χ3v) is 1.95. The molecule has 13 heavy (non-hydrogen) atoms. The Kier molecular flexibility index (Phi) is 1.14. The van der Waals surface area contributed by atoms with E-state index >= 15 is 0 Å². The summed E-state index contributed by atoms with van der Waals surface area (Å²) in [5.74, 6) is 0. The zero-order valence-corrected chi connectivity index (χ0v) is 6.64. The molecule has 0 saturated heterocycles. The molecule has 4 nitrogen and oxygen atoms in total. The summed E-state index contributed by atoms with van der Waals surface area (Å²) in [5, 5.41) is 8.44. The maximum atomic E-state index is 4.57. The standard InChI is InChI=1S/C9H5N3O/c1-2-4-7-6(3-1)5-8-9(10-7)12-13-11-8/h1-5H. The van der Waals surface area contributed by atoms with Gasteiger partial charge in [0.25, 0.3) is 0 Å². The summed E-state index contributed by atoms with van der Waals surface area (Å²) in [4.78, 5) is 4.27. The van der Waals surface area contributed by atoms with Crippen molar-refractivity contribution in [1.29, 1.82) is 0 Å². The number of aromatic nitrogens is 3. The smallest absolute Gasteiger partial charge is 0.224 e. The Morgan fingerprint density at radius 2 is 1.92 bits per heavy atom. The van der Waals surface area contributed by atoms with Crippen LogP contribution in [0.1, 0.15) is 0 Å². The van der Waals surface area contributed by atoms with Gasteiger partial charge < -0.3 is 0 Å². The van der Waals surface area contributed by atoms with Crippen molar-refractivity contribution in [3.8, 4) is 0 Å². The van der Waals surface area contributed by atoms with Crippen molar-refractivity contribution in [3.05, 3.63) is 30.3 Å². The van der Waals surface area contributed by atoms with Gasteiger partial charge in [0.15, 0.2) is 5.52 Å². The van der Waals surface area contributed by atoms with Crippen LogP contribution in [0, 0.1) is 0 Å². The largest absolute Gasteiger partial charge is 0.242 e. The Hall–Kier alpha value is -1.97. The number of pyridine rings is 1. The van der Waals surface area contributed by atoms with Gasteiger partial charge in [-0.25, -0.2) is 9.61 Å². The first kappa shape index (κ1) is 6.54. The normalized spacial score (nSPS) is 11.1. The first-order valence-corrected chi connectivity index (χ1v) is 3.91. The number of rotatable bonds is 0. The van der Waals surface area contributed by atoms with E-state index in [1.54, 1.807) is 0 Å². The van der Waals surface area contributed by atoms with Crippen LogP contribution in [0.3, 0.4) is 0 Å². The second-order valence-electron chi connectivity index (χ2n) is 2.79. The Morgan fingerprint density at radius 3 is 2.92 bits per heavy atom. The molecule has 0 aliphatic carbocycles. The molecule has 0 bridgehead atoms. The van der Waals surface area contributed by atoms with Gasteiger partial charge in [-0.2, -0.15) is 0 Å².